The van der Waals surface area contributed by atoms with Gasteiger partial charge in [-0.3, -0.25) is 0 Å². The molecule has 0 radical (unpaired) electrons. The highest BCUT2D eigenvalue weighted by Crippen LogP contribution is 2.47. The minimum atomic E-state index is -3.24. The second kappa shape index (κ2) is 13.5. The fraction of sp³-hybridized carbons (Fsp3) is 0.778. The normalized spacial score (nSPS) is 27.8. The fourth-order valence-corrected chi connectivity index (χ4v) is 11.9. The van der Waals surface area contributed by atoms with Crippen molar-refractivity contribution in [3.8, 4) is 5.75 Å². The van der Waals surface area contributed by atoms with Gasteiger partial charge in [-0.25, -0.2) is 8.78 Å². The van der Waals surface area contributed by atoms with Crippen LogP contribution < -0.4 is 4.74 Å². The second-order valence-corrected chi connectivity index (χ2v) is 16.8. The molecule has 34 heavy (non-hydrogen) atoms. The van der Waals surface area contributed by atoms with Crippen molar-refractivity contribution in [3.05, 3.63) is 29.3 Å². The summed E-state index contributed by atoms with van der Waals surface area (Å²) >= 11 is 7.28. The van der Waals surface area contributed by atoms with Crippen molar-refractivity contribution in [1.82, 2.24) is 0 Å². The zero-order chi connectivity index (χ0) is 24.6. The van der Waals surface area contributed by atoms with Crippen molar-refractivity contribution >= 4 is 18.5 Å². The molecule has 7 heteroatoms. The smallest absolute Gasteiger partial charge is 0.387 e. The molecule has 0 N–H and O–H groups in total. The summed E-state index contributed by atoms with van der Waals surface area (Å²) < 4.78 is 56.9. The third-order valence-electron chi connectivity index (χ3n) is 8.28. The molecule has 0 spiro atoms. The molecule has 2 atom stereocenters. The Balaban J connectivity index is 1.40. The van der Waals surface area contributed by atoms with Crippen LogP contribution in [0.2, 0.25) is 17.6 Å². The maximum Gasteiger partial charge on any atom is 0.387 e. The Hall–Kier alpha value is -0.753. The molecule has 1 aromatic carbocycles. The molecule has 1 heterocycles. The molecule has 2 unspecified atom stereocenters. The number of hydrogen-bond donors (Lipinski definition) is 0. The van der Waals surface area contributed by atoms with Gasteiger partial charge in [-0.2, -0.15) is 19.9 Å². The van der Waals surface area contributed by atoms with Crippen LogP contribution in [0.4, 0.5) is 17.6 Å². The Bertz CT molecular complexity index is 733. The average molecular weight is 521 g/mol. The van der Waals surface area contributed by atoms with E-state index in [0.717, 1.165) is 31.2 Å². The van der Waals surface area contributed by atoms with Crippen molar-refractivity contribution in [2.75, 3.05) is 0 Å². The van der Waals surface area contributed by atoms with E-state index in [4.69, 9.17) is 11.1 Å². The van der Waals surface area contributed by atoms with Gasteiger partial charge >= 0.3 is 6.61 Å². The Morgan fingerprint density at radius 3 is 2.26 bits per heavy atom. The third-order valence-corrected chi connectivity index (χ3v) is 14.8. The van der Waals surface area contributed by atoms with E-state index >= 15 is 0 Å². The minimum Gasteiger partial charge on any atom is -0.429 e. The van der Waals surface area contributed by atoms with E-state index in [1.807, 2.05) is 0 Å². The number of unbranched alkanes of at least 4 members (excludes halogenated alkanes) is 3. The maximum atomic E-state index is 14.1. The molecule has 2 fully saturated rings. The van der Waals surface area contributed by atoms with Gasteiger partial charge in [-0.15, -0.1) is 0 Å². The first-order valence-electron chi connectivity index (χ1n) is 13.4. The average Bonchev–Trinajstić information content (AvgIpc) is 2.80. The molecule has 0 aromatic heterocycles. The summed E-state index contributed by atoms with van der Waals surface area (Å²) in [6.07, 6.45) is 16.8. The highest BCUT2D eigenvalue weighted by Gasteiger charge is 2.40. The first-order chi connectivity index (χ1) is 16.3. The highest BCUT2D eigenvalue weighted by atomic mass is 35.6. The SMILES string of the molecule is CCCCC[Si]1(Cl)CCCCC1CCCCC1CCC(c2cc(F)c(OC(F)F)c(F)c2)CC1. The lowest BCUT2D eigenvalue weighted by Crippen LogP contribution is -2.36. The fourth-order valence-electron chi connectivity index (χ4n) is 6.30. The molecule has 1 saturated carbocycles. The largest absolute Gasteiger partial charge is 0.429 e. The summed E-state index contributed by atoms with van der Waals surface area (Å²) in [6.45, 7) is -0.987. The maximum absolute atomic E-state index is 14.1. The zero-order valence-electron chi connectivity index (χ0n) is 20.6. The lowest BCUT2D eigenvalue weighted by molar-refractivity contribution is -0.0546. The molecular formula is C27H41ClF4OSi. The Morgan fingerprint density at radius 1 is 0.941 bits per heavy atom. The number of ether oxygens (including phenoxy) is 1. The highest BCUT2D eigenvalue weighted by molar-refractivity contribution is 7.21. The van der Waals surface area contributed by atoms with Crippen molar-refractivity contribution in [2.24, 2.45) is 5.92 Å². The van der Waals surface area contributed by atoms with Gasteiger partial charge in [0.2, 0.25) is 0 Å². The number of benzene rings is 1. The first-order valence-corrected chi connectivity index (χ1v) is 17.0. The second-order valence-electron chi connectivity index (χ2n) is 10.6. The summed E-state index contributed by atoms with van der Waals surface area (Å²) in [5.41, 5.74) is 1.34. The van der Waals surface area contributed by atoms with Gasteiger partial charge < -0.3 is 4.74 Å². The lowest BCUT2D eigenvalue weighted by Gasteiger charge is -2.38. The quantitative estimate of drug-likeness (QED) is 0.115. The van der Waals surface area contributed by atoms with Crippen LogP contribution in [-0.2, 0) is 0 Å². The van der Waals surface area contributed by atoms with Crippen molar-refractivity contribution in [3.63, 3.8) is 0 Å². The van der Waals surface area contributed by atoms with Crippen molar-refractivity contribution in [1.29, 1.82) is 0 Å². The number of rotatable bonds is 12. The molecule has 1 aliphatic heterocycles. The first kappa shape index (κ1) is 27.8. The topological polar surface area (TPSA) is 9.23 Å². The molecule has 1 aliphatic carbocycles. The molecule has 1 aromatic rings. The number of hydrogen-bond acceptors (Lipinski definition) is 1. The summed E-state index contributed by atoms with van der Waals surface area (Å²) in [6, 6.07) is 4.94. The van der Waals surface area contributed by atoms with Crippen molar-refractivity contribution in [2.45, 2.75) is 127 Å². The molecule has 3 rings (SSSR count). The standard InChI is InChI=1S/C27H41ClF4OSi/c1-2-3-7-16-34(28)17-8-6-11-23(34)10-5-4-9-20-12-14-21(15-13-20)22-18-24(29)26(25(30)19-22)33-27(31)32/h18-21,23,27H,2-17H2,1H3. The Labute approximate surface area is 208 Å². The van der Waals surface area contributed by atoms with Gasteiger partial charge in [0.05, 0.1) is 0 Å². The molecular weight excluding hydrogens is 480 g/mol. The predicted octanol–water partition coefficient (Wildman–Crippen LogP) is 10.3. The third kappa shape index (κ3) is 7.88. The van der Waals surface area contributed by atoms with Gasteiger partial charge in [0.15, 0.2) is 24.8 Å². The van der Waals surface area contributed by atoms with Crippen LogP contribution in [0.5, 0.6) is 5.75 Å². The van der Waals surface area contributed by atoms with E-state index in [9.17, 15) is 17.6 Å². The number of halogens is 5. The van der Waals surface area contributed by atoms with Crippen LogP contribution in [0.15, 0.2) is 12.1 Å². The van der Waals surface area contributed by atoms with E-state index < -0.39 is 31.4 Å². The Morgan fingerprint density at radius 2 is 1.62 bits per heavy atom. The van der Waals surface area contributed by atoms with E-state index in [1.165, 1.54) is 88.4 Å². The summed E-state index contributed by atoms with van der Waals surface area (Å²) in [7, 11) is -1.60. The molecule has 2 aliphatic rings. The van der Waals surface area contributed by atoms with Gasteiger partial charge in [-0.1, -0.05) is 71.1 Å². The number of alkyl halides is 2. The van der Waals surface area contributed by atoms with Gasteiger partial charge in [0, 0.05) is 0 Å². The van der Waals surface area contributed by atoms with Crippen LogP contribution in [0, 0.1) is 17.6 Å². The van der Waals surface area contributed by atoms with Gasteiger partial charge in [0.1, 0.15) is 0 Å². The summed E-state index contributed by atoms with van der Waals surface area (Å²) in [4.78, 5) is 0. The van der Waals surface area contributed by atoms with E-state index in [-0.39, 0.29) is 5.92 Å². The van der Waals surface area contributed by atoms with Crippen LogP contribution in [0.1, 0.15) is 108 Å². The van der Waals surface area contributed by atoms with Gasteiger partial charge in [-0.05, 0) is 72.8 Å². The van der Waals surface area contributed by atoms with Crippen LogP contribution >= 0.6 is 11.1 Å². The van der Waals surface area contributed by atoms with E-state index in [1.54, 1.807) is 0 Å². The molecule has 1 saturated heterocycles. The molecule has 0 amide bonds. The van der Waals surface area contributed by atoms with Gasteiger partial charge in [0.25, 0.3) is 0 Å². The van der Waals surface area contributed by atoms with E-state index in [0.29, 0.717) is 11.5 Å². The van der Waals surface area contributed by atoms with Crippen LogP contribution in [-0.4, -0.2) is 14.0 Å². The predicted molar refractivity (Wildman–Crippen MR) is 135 cm³/mol. The molecule has 0 bridgehead atoms. The van der Waals surface area contributed by atoms with Crippen LogP contribution in [0.3, 0.4) is 0 Å². The van der Waals surface area contributed by atoms with Crippen molar-refractivity contribution < 1.29 is 22.3 Å². The summed E-state index contributed by atoms with van der Waals surface area (Å²) in [5, 5.41) is 0. The summed E-state index contributed by atoms with van der Waals surface area (Å²) in [5.74, 6) is -2.34. The zero-order valence-corrected chi connectivity index (χ0v) is 22.3. The Kier molecular flexibility index (Phi) is 11.1. The van der Waals surface area contributed by atoms with E-state index in [2.05, 4.69) is 11.7 Å². The van der Waals surface area contributed by atoms with Crippen LogP contribution in [0.25, 0.3) is 0 Å². The molecule has 1 nitrogen and oxygen atoms in total. The minimum absolute atomic E-state index is 0.0778. The molecule has 194 valence electrons. The monoisotopic (exact) mass is 520 g/mol. The lowest BCUT2D eigenvalue weighted by atomic mass is 9.77.